The molecule has 0 saturated heterocycles. The summed E-state index contributed by atoms with van der Waals surface area (Å²) in [6.07, 6.45) is 8.55. The van der Waals surface area contributed by atoms with Crippen molar-refractivity contribution in [2.24, 2.45) is 0 Å². The van der Waals surface area contributed by atoms with Crippen molar-refractivity contribution in [1.29, 1.82) is 0 Å². The van der Waals surface area contributed by atoms with E-state index in [1.165, 1.54) is 17.3 Å². The predicted molar refractivity (Wildman–Crippen MR) is 112 cm³/mol. The van der Waals surface area contributed by atoms with Gasteiger partial charge in [-0.05, 0) is 55.2 Å². The normalized spacial score (nSPS) is 19.0. The standard InChI is InChI=1S/C21H24N4O2S/c1-4-11-24-19(26)16-13-22-20(28-3)23-18(16)25(24)15-9-8-14-7-6-10-21(27,5-2)17(14)12-15/h4,8-9,12-13,27H,1,5-7,10-11H2,2-3H3/t21-/m1/s1. The molecule has 28 heavy (non-hydrogen) atoms. The zero-order valence-corrected chi connectivity index (χ0v) is 17.0. The van der Waals surface area contributed by atoms with Crippen LogP contribution in [0.3, 0.4) is 0 Å². The van der Waals surface area contributed by atoms with E-state index in [1.807, 2.05) is 30.0 Å². The van der Waals surface area contributed by atoms with Gasteiger partial charge in [-0.1, -0.05) is 30.8 Å². The molecule has 1 aliphatic rings. The molecular weight excluding hydrogens is 372 g/mol. The second-order valence-electron chi connectivity index (χ2n) is 7.16. The van der Waals surface area contributed by atoms with Crippen LogP contribution in [0.2, 0.25) is 0 Å². The van der Waals surface area contributed by atoms with Crippen molar-refractivity contribution in [2.45, 2.75) is 49.9 Å². The van der Waals surface area contributed by atoms with Gasteiger partial charge in [-0.2, -0.15) is 0 Å². The van der Waals surface area contributed by atoms with Crippen LogP contribution in [0.1, 0.15) is 37.3 Å². The highest BCUT2D eigenvalue weighted by Crippen LogP contribution is 2.38. The van der Waals surface area contributed by atoms with Crippen molar-refractivity contribution in [2.75, 3.05) is 6.26 Å². The lowest BCUT2D eigenvalue weighted by Gasteiger charge is -2.34. The molecule has 4 rings (SSSR count). The van der Waals surface area contributed by atoms with Gasteiger partial charge >= 0.3 is 0 Å². The minimum absolute atomic E-state index is 0.147. The maximum atomic E-state index is 12.9. The largest absolute Gasteiger partial charge is 0.385 e. The number of hydrogen-bond acceptors (Lipinski definition) is 5. The maximum absolute atomic E-state index is 12.9. The Balaban J connectivity index is 2.01. The van der Waals surface area contributed by atoms with Crippen LogP contribution in [0.5, 0.6) is 0 Å². The molecule has 1 N–H and O–H groups in total. The minimum atomic E-state index is -0.824. The number of thioether (sulfide) groups is 1. The van der Waals surface area contributed by atoms with Crippen LogP contribution in [0, 0.1) is 0 Å². The van der Waals surface area contributed by atoms with Gasteiger partial charge in [0.15, 0.2) is 10.8 Å². The highest BCUT2D eigenvalue weighted by atomic mass is 32.2. The Hall–Kier alpha value is -2.38. The Bertz CT molecular complexity index is 1120. The molecular formula is C21H24N4O2S. The molecule has 1 atom stereocenters. The van der Waals surface area contributed by atoms with E-state index in [0.717, 1.165) is 30.5 Å². The van der Waals surface area contributed by atoms with Crippen LogP contribution in [-0.4, -0.2) is 30.7 Å². The molecule has 0 spiro atoms. The summed E-state index contributed by atoms with van der Waals surface area (Å²) in [6.45, 7) is 6.16. The van der Waals surface area contributed by atoms with Gasteiger partial charge in [-0.3, -0.25) is 4.79 Å². The van der Waals surface area contributed by atoms with Crippen LogP contribution >= 0.6 is 11.8 Å². The molecule has 0 bridgehead atoms. The van der Waals surface area contributed by atoms with Gasteiger partial charge in [-0.15, -0.1) is 6.58 Å². The summed E-state index contributed by atoms with van der Waals surface area (Å²) in [5.41, 5.74) is 2.54. The van der Waals surface area contributed by atoms with E-state index in [4.69, 9.17) is 0 Å². The zero-order valence-electron chi connectivity index (χ0n) is 16.2. The molecule has 0 fully saturated rings. The highest BCUT2D eigenvalue weighted by molar-refractivity contribution is 7.98. The van der Waals surface area contributed by atoms with Gasteiger partial charge in [-0.25, -0.2) is 19.3 Å². The number of benzene rings is 1. The number of fused-ring (bicyclic) bond motifs is 2. The number of hydrogen-bond donors (Lipinski definition) is 1. The first kappa shape index (κ1) is 19.0. The average molecular weight is 397 g/mol. The Morgan fingerprint density at radius 1 is 1.43 bits per heavy atom. The predicted octanol–water partition coefficient (Wildman–Crippen LogP) is 3.42. The average Bonchev–Trinajstić information content (AvgIpc) is 2.99. The number of nitrogens with zero attached hydrogens (tertiary/aromatic N) is 4. The lowest BCUT2D eigenvalue weighted by Crippen LogP contribution is -2.30. The lowest BCUT2D eigenvalue weighted by atomic mass is 9.77. The molecule has 0 saturated carbocycles. The zero-order chi connectivity index (χ0) is 19.9. The summed E-state index contributed by atoms with van der Waals surface area (Å²) in [6, 6.07) is 6.08. The van der Waals surface area contributed by atoms with Gasteiger partial charge in [0.1, 0.15) is 5.39 Å². The number of allylic oxidation sites excluding steroid dienone is 1. The minimum Gasteiger partial charge on any atom is -0.385 e. The van der Waals surface area contributed by atoms with Crippen LogP contribution in [-0.2, 0) is 18.6 Å². The maximum Gasteiger partial charge on any atom is 0.278 e. The van der Waals surface area contributed by atoms with Crippen molar-refractivity contribution in [3.8, 4) is 5.69 Å². The van der Waals surface area contributed by atoms with Crippen LogP contribution < -0.4 is 5.56 Å². The SMILES string of the molecule is C=CCn1c(=O)c2cnc(SC)nc2n1-c1ccc2c(c1)[C@@](O)(CC)CCC2. The fourth-order valence-electron chi connectivity index (χ4n) is 4.08. The topological polar surface area (TPSA) is 72.9 Å². The number of aryl methyl sites for hydroxylation is 1. The lowest BCUT2D eigenvalue weighted by molar-refractivity contribution is 0.0148. The van der Waals surface area contributed by atoms with E-state index in [2.05, 4.69) is 22.6 Å². The molecule has 146 valence electrons. The molecule has 6 nitrogen and oxygen atoms in total. The molecule has 0 radical (unpaired) electrons. The van der Waals surface area contributed by atoms with Crippen LogP contribution in [0.25, 0.3) is 16.7 Å². The van der Waals surface area contributed by atoms with Gasteiger partial charge in [0.2, 0.25) is 0 Å². The Kier molecular flexibility index (Phi) is 4.89. The second-order valence-corrected chi connectivity index (χ2v) is 7.94. The van der Waals surface area contributed by atoms with Crippen molar-refractivity contribution >= 4 is 22.8 Å². The van der Waals surface area contributed by atoms with Crippen LogP contribution in [0.15, 0.2) is 47.0 Å². The summed E-state index contributed by atoms with van der Waals surface area (Å²) >= 11 is 1.44. The van der Waals surface area contributed by atoms with Crippen molar-refractivity contribution in [3.05, 3.63) is 58.5 Å². The van der Waals surface area contributed by atoms with E-state index in [0.29, 0.717) is 29.2 Å². The molecule has 1 aromatic carbocycles. The Morgan fingerprint density at radius 3 is 2.96 bits per heavy atom. The summed E-state index contributed by atoms with van der Waals surface area (Å²) in [5, 5.41) is 12.2. The summed E-state index contributed by atoms with van der Waals surface area (Å²) in [5.74, 6) is 0. The molecule has 2 heterocycles. The van der Waals surface area contributed by atoms with Gasteiger partial charge < -0.3 is 5.11 Å². The monoisotopic (exact) mass is 396 g/mol. The number of rotatable bonds is 5. The Morgan fingerprint density at radius 2 is 2.25 bits per heavy atom. The molecule has 3 aromatic rings. The highest BCUT2D eigenvalue weighted by Gasteiger charge is 2.33. The molecule has 2 aromatic heterocycles. The second kappa shape index (κ2) is 7.22. The van der Waals surface area contributed by atoms with Gasteiger partial charge in [0, 0.05) is 6.20 Å². The smallest absolute Gasteiger partial charge is 0.278 e. The molecule has 0 aliphatic heterocycles. The van der Waals surface area contributed by atoms with Gasteiger partial charge in [0.25, 0.3) is 5.56 Å². The Labute approximate surface area is 167 Å². The molecule has 1 aliphatic carbocycles. The van der Waals surface area contributed by atoms with E-state index in [9.17, 15) is 9.90 Å². The first-order valence-corrected chi connectivity index (χ1v) is 10.7. The van der Waals surface area contributed by atoms with E-state index in [1.54, 1.807) is 17.0 Å². The van der Waals surface area contributed by atoms with Gasteiger partial charge in [0.05, 0.1) is 17.8 Å². The van der Waals surface area contributed by atoms with Crippen molar-refractivity contribution in [1.82, 2.24) is 19.3 Å². The van der Waals surface area contributed by atoms with E-state index < -0.39 is 5.60 Å². The van der Waals surface area contributed by atoms with Crippen molar-refractivity contribution in [3.63, 3.8) is 0 Å². The third kappa shape index (κ3) is 2.89. The first-order chi connectivity index (χ1) is 13.5. The quantitative estimate of drug-likeness (QED) is 0.406. The summed E-state index contributed by atoms with van der Waals surface area (Å²) < 4.78 is 3.44. The number of aromatic nitrogens is 4. The summed E-state index contributed by atoms with van der Waals surface area (Å²) in [7, 11) is 0. The number of aliphatic hydroxyl groups is 1. The third-order valence-corrected chi connectivity index (χ3v) is 6.16. The van der Waals surface area contributed by atoms with E-state index in [-0.39, 0.29) is 5.56 Å². The fourth-order valence-corrected chi connectivity index (χ4v) is 4.42. The first-order valence-electron chi connectivity index (χ1n) is 9.52. The third-order valence-electron chi connectivity index (χ3n) is 5.60. The van der Waals surface area contributed by atoms with Crippen LogP contribution in [0.4, 0.5) is 0 Å². The molecule has 0 unspecified atom stereocenters. The molecule has 0 amide bonds. The van der Waals surface area contributed by atoms with E-state index >= 15 is 0 Å². The molecule has 7 heteroatoms. The fraction of sp³-hybridized carbons (Fsp3) is 0.381. The van der Waals surface area contributed by atoms with Crippen molar-refractivity contribution < 1.29 is 5.11 Å². The summed E-state index contributed by atoms with van der Waals surface area (Å²) in [4.78, 5) is 21.8.